The van der Waals surface area contributed by atoms with Gasteiger partial charge < -0.3 is 4.74 Å². The maximum atomic E-state index is 11.4. The second kappa shape index (κ2) is 5.16. The van der Waals surface area contributed by atoms with Crippen LogP contribution in [0.5, 0.6) is 11.6 Å². The van der Waals surface area contributed by atoms with Crippen molar-refractivity contribution < 1.29 is 13.2 Å². The van der Waals surface area contributed by atoms with Crippen molar-refractivity contribution in [3.8, 4) is 11.6 Å². The summed E-state index contributed by atoms with van der Waals surface area (Å²) in [6.07, 6.45) is 1.41. The summed E-state index contributed by atoms with van der Waals surface area (Å²) in [7, 11) is -3.91. The highest BCUT2D eigenvalue weighted by Gasteiger charge is 2.17. The van der Waals surface area contributed by atoms with E-state index in [1.165, 1.54) is 18.3 Å². The van der Waals surface area contributed by atoms with Gasteiger partial charge in [0.2, 0.25) is 15.9 Å². The minimum Gasteiger partial charge on any atom is -0.436 e. The van der Waals surface area contributed by atoms with Crippen LogP contribution in [0.4, 0.5) is 0 Å². The molecule has 0 spiro atoms. The van der Waals surface area contributed by atoms with Crippen LogP contribution in [0.3, 0.4) is 0 Å². The number of halogens is 1. The number of hydrogen-bond acceptors (Lipinski definition) is 4. The molecule has 0 atom stereocenters. The van der Waals surface area contributed by atoms with Gasteiger partial charge in [0.1, 0.15) is 10.6 Å². The van der Waals surface area contributed by atoms with Gasteiger partial charge in [-0.25, -0.2) is 18.5 Å². The Labute approximate surface area is 116 Å². The predicted octanol–water partition coefficient (Wildman–Crippen LogP) is 2.48. The number of aryl methyl sites for hydroxylation is 1. The first-order valence-corrected chi connectivity index (χ1v) is 7.22. The average molecular weight is 299 g/mol. The van der Waals surface area contributed by atoms with Crippen molar-refractivity contribution in [3.63, 3.8) is 0 Å². The quantitative estimate of drug-likeness (QED) is 0.943. The molecule has 0 fully saturated rings. The maximum absolute atomic E-state index is 11.4. The summed E-state index contributed by atoms with van der Waals surface area (Å²) in [5, 5.41) is 5.46. The van der Waals surface area contributed by atoms with Gasteiger partial charge in [-0.05, 0) is 36.8 Å². The van der Waals surface area contributed by atoms with E-state index in [0.717, 1.165) is 5.56 Å². The monoisotopic (exact) mass is 298 g/mol. The number of nitrogens with zero attached hydrogens (tertiary/aromatic N) is 1. The minimum atomic E-state index is -3.91. The molecule has 5 nitrogen and oxygen atoms in total. The molecule has 2 rings (SSSR count). The van der Waals surface area contributed by atoms with E-state index < -0.39 is 10.0 Å². The third-order valence-electron chi connectivity index (χ3n) is 2.34. The SMILES string of the molecule is Cc1ccc(Cl)c(Oc2ncccc2S(N)(=O)=O)c1. The van der Waals surface area contributed by atoms with E-state index in [0.29, 0.717) is 10.8 Å². The third-order valence-corrected chi connectivity index (χ3v) is 3.57. The molecule has 0 unspecified atom stereocenters. The topological polar surface area (TPSA) is 82.3 Å². The standard InChI is InChI=1S/C12H11ClN2O3S/c1-8-4-5-9(13)10(7-8)18-12-11(19(14,16)17)3-2-6-15-12/h2-7H,1H3,(H2,14,16,17). The zero-order chi connectivity index (χ0) is 14.0. The van der Waals surface area contributed by atoms with E-state index in [1.807, 2.05) is 13.0 Å². The van der Waals surface area contributed by atoms with Crippen LogP contribution in [-0.2, 0) is 10.0 Å². The maximum Gasteiger partial charge on any atom is 0.243 e. The molecular weight excluding hydrogens is 288 g/mol. The van der Waals surface area contributed by atoms with Crippen molar-refractivity contribution in [2.24, 2.45) is 5.14 Å². The van der Waals surface area contributed by atoms with Crippen molar-refractivity contribution in [1.29, 1.82) is 0 Å². The number of primary sulfonamides is 1. The third kappa shape index (κ3) is 3.23. The molecule has 7 heteroatoms. The van der Waals surface area contributed by atoms with Crippen LogP contribution < -0.4 is 9.88 Å². The molecule has 2 aromatic rings. The molecule has 0 aliphatic heterocycles. The molecule has 1 aromatic heterocycles. The molecule has 19 heavy (non-hydrogen) atoms. The van der Waals surface area contributed by atoms with Gasteiger partial charge in [0, 0.05) is 6.20 Å². The molecule has 1 heterocycles. The largest absolute Gasteiger partial charge is 0.436 e. The molecule has 100 valence electrons. The molecule has 1 aromatic carbocycles. The Morgan fingerprint density at radius 2 is 2.05 bits per heavy atom. The van der Waals surface area contributed by atoms with Crippen LogP contribution in [0.1, 0.15) is 5.56 Å². The van der Waals surface area contributed by atoms with Crippen molar-refractivity contribution in [1.82, 2.24) is 4.98 Å². The van der Waals surface area contributed by atoms with Crippen LogP contribution in [0.15, 0.2) is 41.4 Å². The molecule has 0 saturated carbocycles. The number of rotatable bonds is 3. The van der Waals surface area contributed by atoms with Crippen LogP contribution in [0.2, 0.25) is 5.02 Å². The fraction of sp³-hybridized carbons (Fsp3) is 0.0833. The van der Waals surface area contributed by atoms with Crippen molar-refractivity contribution >= 4 is 21.6 Å². The van der Waals surface area contributed by atoms with Crippen LogP contribution in [0.25, 0.3) is 0 Å². The summed E-state index contributed by atoms with van der Waals surface area (Å²) in [4.78, 5) is 3.68. The zero-order valence-electron chi connectivity index (χ0n) is 10.00. The summed E-state index contributed by atoms with van der Waals surface area (Å²) in [5.74, 6) is 0.225. The Balaban J connectivity index is 2.47. The molecule has 0 aliphatic carbocycles. The summed E-state index contributed by atoms with van der Waals surface area (Å²) >= 11 is 5.98. The second-order valence-electron chi connectivity index (χ2n) is 3.89. The van der Waals surface area contributed by atoms with Gasteiger partial charge in [-0.2, -0.15) is 0 Å². The first-order chi connectivity index (χ1) is 8.88. The van der Waals surface area contributed by atoms with Crippen molar-refractivity contribution in [2.75, 3.05) is 0 Å². The number of hydrogen-bond donors (Lipinski definition) is 1. The van der Waals surface area contributed by atoms with Crippen LogP contribution >= 0.6 is 11.6 Å². The minimum absolute atomic E-state index is 0.0995. The highest BCUT2D eigenvalue weighted by Crippen LogP contribution is 2.31. The lowest BCUT2D eigenvalue weighted by Gasteiger charge is -2.10. The van der Waals surface area contributed by atoms with Crippen molar-refractivity contribution in [2.45, 2.75) is 11.8 Å². The van der Waals surface area contributed by atoms with Crippen LogP contribution in [0, 0.1) is 6.92 Å². The Bertz CT molecular complexity index is 717. The highest BCUT2D eigenvalue weighted by atomic mass is 35.5. The fourth-order valence-electron chi connectivity index (χ4n) is 1.46. The number of nitrogens with two attached hydrogens (primary N) is 1. The van der Waals surface area contributed by atoms with Gasteiger partial charge >= 0.3 is 0 Å². The van der Waals surface area contributed by atoms with E-state index in [9.17, 15) is 8.42 Å². The highest BCUT2D eigenvalue weighted by molar-refractivity contribution is 7.89. The Morgan fingerprint density at radius 3 is 2.74 bits per heavy atom. The zero-order valence-corrected chi connectivity index (χ0v) is 11.6. The number of ether oxygens (including phenoxy) is 1. The van der Waals surface area contributed by atoms with Gasteiger partial charge in [-0.15, -0.1) is 0 Å². The molecule has 0 radical (unpaired) electrons. The van der Waals surface area contributed by atoms with Gasteiger partial charge in [0.25, 0.3) is 0 Å². The number of aromatic nitrogens is 1. The van der Waals surface area contributed by atoms with E-state index in [2.05, 4.69) is 4.98 Å². The second-order valence-corrected chi connectivity index (χ2v) is 5.82. The molecule has 0 saturated heterocycles. The van der Waals surface area contributed by atoms with E-state index >= 15 is 0 Å². The Morgan fingerprint density at radius 1 is 1.32 bits per heavy atom. The molecule has 0 aliphatic rings. The van der Waals surface area contributed by atoms with Gasteiger partial charge in [-0.1, -0.05) is 17.7 Å². The predicted molar refractivity (Wildman–Crippen MR) is 71.9 cm³/mol. The lowest BCUT2D eigenvalue weighted by molar-refractivity contribution is 0.447. The Kier molecular flexibility index (Phi) is 3.75. The summed E-state index contributed by atoms with van der Waals surface area (Å²) in [5.41, 5.74) is 0.924. The lowest BCUT2D eigenvalue weighted by Crippen LogP contribution is -2.13. The first-order valence-electron chi connectivity index (χ1n) is 5.30. The summed E-state index contributed by atoms with van der Waals surface area (Å²) in [6, 6.07) is 7.94. The van der Waals surface area contributed by atoms with E-state index in [4.69, 9.17) is 21.5 Å². The molecule has 0 bridgehead atoms. The van der Waals surface area contributed by atoms with E-state index in [-0.39, 0.29) is 10.8 Å². The fourth-order valence-corrected chi connectivity index (χ4v) is 2.22. The lowest BCUT2D eigenvalue weighted by atomic mass is 10.2. The molecular formula is C12H11ClN2O3S. The first kappa shape index (κ1) is 13.8. The van der Waals surface area contributed by atoms with Gasteiger partial charge in [0.15, 0.2) is 0 Å². The normalized spacial score (nSPS) is 11.3. The molecule has 2 N–H and O–H groups in total. The summed E-state index contributed by atoms with van der Waals surface area (Å²) in [6.45, 7) is 1.86. The summed E-state index contributed by atoms with van der Waals surface area (Å²) < 4.78 is 28.3. The van der Waals surface area contributed by atoms with Gasteiger partial charge in [-0.3, -0.25) is 0 Å². The molecule has 0 amide bonds. The average Bonchev–Trinajstić information content (AvgIpc) is 2.33. The van der Waals surface area contributed by atoms with Crippen LogP contribution in [-0.4, -0.2) is 13.4 Å². The Hall–Kier alpha value is -1.63. The number of sulfonamides is 1. The smallest absolute Gasteiger partial charge is 0.243 e. The van der Waals surface area contributed by atoms with E-state index in [1.54, 1.807) is 12.1 Å². The number of pyridine rings is 1. The number of benzene rings is 1. The van der Waals surface area contributed by atoms with Crippen molar-refractivity contribution in [3.05, 3.63) is 47.1 Å². The van der Waals surface area contributed by atoms with Gasteiger partial charge in [0.05, 0.1) is 5.02 Å².